The molecule has 0 amide bonds. The monoisotopic (exact) mass is 482 g/mol. The summed E-state index contributed by atoms with van der Waals surface area (Å²) in [5.41, 5.74) is 5.16. The zero-order chi connectivity index (χ0) is 27.4. The van der Waals surface area contributed by atoms with E-state index in [4.69, 9.17) is 0 Å². The highest BCUT2D eigenvalue weighted by atomic mass is 16.4. The number of rotatable bonds is 6. The minimum atomic E-state index is -1.20. The van der Waals surface area contributed by atoms with E-state index in [1.54, 1.807) is 13.8 Å². The van der Waals surface area contributed by atoms with E-state index in [2.05, 4.69) is 56.4 Å². The molecule has 6 heteroatoms. The molecule has 0 aliphatic heterocycles. The molecule has 0 saturated carbocycles. The van der Waals surface area contributed by atoms with Gasteiger partial charge in [0.25, 0.3) is 0 Å². The lowest BCUT2D eigenvalue weighted by Gasteiger charge is -2.14. The van der Waals surface area contributed by atoms with Crippen LogP contribution in [0.25, 0.3) is 11.1 Å². The Morgan fingerprint density at radius 3 is 1.03 bits per heavy atom. The minimum Gasteiger partial charge on any atom is -0.545 e. The third-order valence-electron chi connectivity index (χ3n) is 3.90. The van der Waals surface area contributed by atoms with Gasteiger partial charge in [-0.25, -0.2) is 0 Å². The zero-order valence-electron chi connectivity index (χ0n) is 23.0. The molecular formula is C29H42N2O4. The highest BCUT2D eigenvalue weighted by molar-refractivity contribution is 5.88. The molecule has 2 aromatic carbocycles. The fourth-order valence-electron chi connectivity index (χ4n) is 2.53. The Morgan fingerprint density at radius 2 is 0.829 bits per heavy atom. The number of benzene rings is 2. The average molecular weight is 483 g/mol. The smallest absolute Gasteiger partial charge is 0.0675 e. The molecule has 0 unspecified atom stereocenters. The number of hydrogen-bond donors (Lipinski definition) is 0. The highest BCUT2D eigenvalue weighted by Crippen LogP contribution is 2.18. The second-order valence-corrected chi connectivity index (χ2v) is 11.2. The molecule has 2 aromatic rings. The van der Waals surface area contributed by atoms with E-state index < -0.39 is 11.9 Å². The van der Waals surface area contributed by atoms with Crippen LogP contribution in [-0.4, -0.2) is 77.3 Å². The lowest BCUT2D eigenvalue weighted by atomic mass is 9.99. The van der Waals surface area contributed by atoms with Crippen molar-refractivity contribution in [1.82, 2.24) is 0 Å². The Labute approximate surface area is 211 Å². The van der Waals surface area contributed by atoms with Crippen molar-refractivity contribution in [3.63, 3.8) is 0 Å². The van der Waals surface area contributed by atoms with Crippen LogP contribution in [0.3, 0.4) is 0 Å². The molecule has 0 fully saturated rings. The molecule has 0 bridgehead atoms. The van der Waals surface area contributed by atoms with Crippen LogP contribution in [0.2, 0.25) is 0 Å². The van der Waals surface area contributed by atoms with Gasteiger partial charge in [0.1, 0.15) is 0 Å². The molecule has 0 radical (unpaired) electrons. The van der Waals surface area contributed by atoms with Crippen molar-refractivity contribution in [1.29, 1.82) is 0 Å². The van der Waals surface area contributed by atoms with Gasteiger partial charge in [-0.2, -0.15) is 0 Å². The van der Waals surface area contributed by atoms with Crippen LogP contribution < -0.4 is 10.2 Å². The first-order valence-electron chi connectivity index (χ1n) is 11.4. The molecule has 0 aliphatic carbocycles. The highest BCUT2D eigenvalue weighted by Gasteiger charge is 2.01. The Balaban J connectivity index is 0.000000975. The van der Waals surface area contributed by atoms with Crippen LogP contribution >= 0.6 is 0 Å². The molecule has 0 aromatic heterocycles. The molecule has 35 heavy (non-hydrogen) atoms. The number of carboxylic acid groups (broad SMARTS) is 2. The predicted octanol–water partition coefficient (Wildman–Crippen LogP) is 2.23. The van der Waals surface area contributed by atoms with Gasteiger partial charge in [0, 0.05) is 0 Å². The number of carbonyl (C=O) groups excluding carboxylic acids is 2. The Hall–Kier alpha value is -3.22. The molecule has 0 atom stereocenters. The standard InChI is InChI=1S/C21H20O4.2C4H12N/c1-14(11-20(22)23)18-7-3-16(4-8-18)13-17-5-9-19(10-6-17)15(2)12-21(24)25;2*1-5(2,3)4/h3-12H,13H2,1-2H3,(H,22,23)(H,24,25);2*1-4H3/q;2*+1/p-2/b14-11+,15-12+;;. The molecule has 0 N–H and O–H groups in total. The minimum absolute atomic E-state index is 0.645. The van der Waals surface area contributed by atoms with E-state index in [0.29, 0.717) is 11.1 Å². The predicted molar refractivity (Wildman–Crippen MR) is 141 cm³/mol. The van der Waals surface area contributed by atoms with Crippen molar-refractivity contribution in [2.45, 2.75) is 20.3 Å². The largest absolute Gasteiger partial charge is 0.545 e. The summed E-state index contributed by atoms with van der Waals surface area (Å²) in [5, 5.41) is 21.2. The summed E-state index contributed by atoms with van der Waals surface area (Å²) in [6.07, 6.45) is 2.89. The van der Waals surface area contributed by atoms with Crippen LogP contribution in [-0.2, 0) is 16.0 Å². The van der Waals surface area contributed by atoms with E-state index in [0.717, 1.165) is 49.8 Å². The number of quaternary nitrogens is 2. The maximum absolute atomic E-state index is 10.6. The van der Waals surface area contributed by atoms with Crippen molar-refractivity contribution < 1.29 is 28.8 Å². The van der Waals surface area contributed by atoms with Crippen molar-refractivity contribution >= 4 is 23.1 Å². The molecule has 6 nitrogen and oxygen atoms in total. The molecule has 0 heterocycles. The maximum Gasteiger partial charge on any atom is 0.0675 e. The van der Waals surface area contributed by atoms with Gasteiger partial charge in [-0.15, -0.1) is 0 Å². The summed E-state index contributed by atoms with van der Waals surface area (Å²) < 4.78 is 2.00. The number of aliphatic carboxylic acids is 2. The fourth-order valence-corrected chi connectivity index (χ4v) is 2.53. The van der Waals surface area contributed by atoms with Crippen molar-refractivity contribution in [3.05, 3.63) is 82.9 Å². The van der Waals surface area contributed by atoms with Crippen molar-refractivity contribution in [3.8, 4) is 0 Å². The van der Waals surface area contributed by atoms with Gasteiger partial charge in [-0.1, -0.05) is 48.5 Å². The lowest BCUT2D eigenvalue weighted by molar-refractivity contribution is -0.849. The topological polar surface area (TPSA) is 80.3 Å². The third kappa shape index (κ3) is 18.8. The van der Waals surface area contributed by atoms with Gasteiger partial charge in [-0.05, 0) is 65.8 Å². The number of hydrogen-bond acceptors (Lipinski definition) is 4. The number of allylic oxidation sites excluding steroid dienone is 2. The molecular weight excluding hydrogens is 440 g/mol. The van der Waals surface area contributed by atoms with Crippen LogP contribution in [0.5, 0.6) is 0 Å². The molecule has 0 aliphatic rings. The second kappa shape index (κ2) is 14.2. The van der Waals surface area contributed by atoms with Crippen molar-refractivity contribution in [2.24, 2.45) is 0 Å². The van der Waals surface area contributed by atoms with Gasteiger partial charge in [0.15, 0.2) is 0 Å². The first-order chi connectivity index (χ1) is 15.8. The number of nitrogens with zero attached hydrogens (tertiary/aromatic N) is 2. The van der Waals surface area contributed by atoms with E-state index in [-0.39, 0.29) is 0 Å². The number of carboxylic acids is 2. The SMILES string of the molecule is C/C(=C\C(=O)[O-])c1ccc(Cc2ccc(/C(C)=C/C(=O)[O-])cc2)cc1.C[N+](C)(C)C.C[N+](C)(C)C. The molecule has 2 rings (SSSR count). The van der Waals surface area contributed by atoms with Crippen LogP contribution in [0, 0.1) is 0 Å². The van der Waals surface area contributed by atoms with Gasteiger partial charge in [0.2, 0.25) is 0 Å². The Bertz CT molecular complexity index is 909. The summed E-state index contributed by atoms with van der Waals surface area (Å²) in [7, 11) is 17.0. The summed E-state index contributed by atoms with van der Waals surface area (Å²) in [4.78, 5) is 21.2. The summed E-state index contributed by atoms with van der Waals surface area (Å²) in [5.74, 6) is -2.41. The van der Waals surface area contributed by atoms with Gasteiger partial charge in [-0.3, -0.25) is 0 Å². The molecule has 0 saturated heterocycles. The van der Waals surface area contributed by atoms with Gasteiger partial charge < -0.3 is 28.8 Å². The molecule has 0 spiro atoms. The lowest BCUT2D eigenvalue weighted by Crippen LogP contribution is -2.27. The average Bonchev–Trinajstić information content (AvgIpc) is 2.65. The maximum atomic E-state index is 10.6. The van der Waals surface area contributed by atoms with E-state index in [1.165, 1.54) is 0 Å². The molecule has 192 valence electrons. The summed E-state index contributed by atoms with van der Waals surface area (Å²) >= 11 is 0. The van der Waals surface area contributed by atoms with Crippen molar-refractivity contribution in [2.75, 3.05) is 56.4 Å². The van der Waals surface area contributed by atoms with E-state index in [1.807, 2.05) is 48.5 Å². The Morgan fingerprint density at radius 1 is 0.600 bits per heavy atom. The fraction of sp³-hybridized carbons (Fsp3) is 0.379. The first-order valence-corrected chi connectivity index (χ1v) is 11.4. The van der Waals surface area contributed by atoms with Gasteiger partial charge in [0.05, 0.1) is 68.3 Å². The third-order valence-corrected chi connectivity index (χ3v) is 3.90. The summed E-state index contributed by atoms with van der Waals surface area (Å²) in [6, 6.07) is 15.3. The van der Waals surface area contributed by atoms with Crippen LogP contribution in [0.4, 0.5) is 0 Å². The normalized spacial score (nSPS) is 12.1. The Kier molecular flexibility index (Phi) is 12.9. The van der Waals surface area contributed by atoms with E-state index >= 15 is 0 Å². The van der Waals surface area contributed by atoms with Crippen LogP contribution in [0.1, 0.15) is 36.1 Å². The first kappa shape index (κ1) is 31.8. The zero-order valence-corrected chi connectivity index (χ0v) is 23.0. The number of carbonyl (C=O) groups is 2. The second-order valence-electron chi connectivity index (χ2n) is 11.2. The van der Waals surface area contributed by atoms with Crippen LogP contribution in [0.15, 0.2) is 60.7 Å². The van der Waals surface area contributed by atoms with Gasteiger partial charge >= 0.3 is 0 Å². The van der Waals surface area contributed by atoms with E-state index in [9.17, 15) is 19.8 Å². The quantitative estimate of drug-likeness (QED) is 0.467. The summed E-state index contributed by atoms with van der Waals surface area (Å²) in [6.45, 7) is 3.46.